The van der Waals surface area contributed by atoms with Crippen LogP contribution in [-0.2, 0) is 9.31 Å². The molecule has 0 aliphatic carbocycles. The standard InChI is InChI=1S/C42H35BN2O2/c1-41(2)42(3,4)47-43(46-41)30-21-24-40-36(27-30)35-26-29(20-23-39(35)45(40)32-15-9-6-10-16-32)28-19-22-38-34(25-28)33-17-11-12-18-37(33)44(38)31-13-7-5-8-14-31/h5-27H,1-4H3. The quantitative estimate of drug-likeness (QED) is 0.186. The summed E-state index contributed by atoms with van der Waals surface area (Å²) in [5.41, 5.74) is 9.65. The maximum absolute atomic E-state index is 6.47. The van der Waals surface area contributed by atoms with Crippen LogP contribution in [0.25, 0.3) is 66.1 Å². The molecule has 0 spiro atoms. The Bertz CT molecular complexity index is 2460. The molecule has 1 aliphatic rings. The molecule has 3 heterocycles. The van der Waals surface area contributed by atoms with Gasteiger partial charge in [0.2, 0.25) is 0 Å². The second-order valence-corrected chi connectivity index (χ2v) is 13.7. The Morgan fingerprint density at radius 1 is 0.426 bits per heavy atom. The number of hydrogen-bond donors (Lipinski definition) is 0. The number of hydrogen-bond acceptors (Lipinski definition) is 2. The maximum Gasteiger partial charge on any atom is 0.494 e. The van der Waals surface area contributed by atoms with Gasteiger partial charge >= 0.3 is 7.12 Å². The maximum atomic E-state index is 6.47. The van der Waals surface area contributed by atoms with Crippen LogP contribution < -0.4 is 5.46 Å². The van der Waals surface area contributed by atoms with Crippen molar-refractivity contribution >= 4 is 56.2 Å². The first-order chi connectivity index (χ1) is 22.8. The van der Waals surface area contributed by atoms with Crippen molar-refractivity contribution in [2.24, 2.45) is 0 Å². The second kappa shape index (κ2) is 10.2. The van der Waals surface area contributed by atoms with Gasteiger partial charge in [-0.2, -0.15) is 0 Å². The molecule has 0 N–H and O–H groups in total. The molecule has 228 valence electrons. The summed E-state index contributed by atoms with van der Waals surface area (Å²) in [6.07, 6.45) is 0. The molecule has 4 nitrogen and oxygen atoms in total. The van der Waals surface area contributed by atoms with Crippen molar-refractivity contribution < 1.29 is 9.31 Å². The molecule has 0 radical (unpaired) electrons. The molecule has 0 saturated carbocycles. The first-order valence-corrected chi connectivity index (χ1v) is 16.4. The molecule has 0 unspecified atom stereocenters. The molecule has 5 heteroatoms. The zero-order valence-electron chi connectivity index (χ0n) is 27.1. The summed E-state index contributed by atoms with van der Waals surface area (Å²) >= 11 is 0. The number of aromatic nitrogens is 2. The van der Waals surface area contributed by atoms with E-state index in [0.29, 0.717) is 0 Å². The lowest BCUT2D eigenvalue weighted by Gasteiger charge is -2.32. The summed E-state index contributed by atoms with van der Waals surface area (Å²) in [5.74, 6) is 0. The van der Waals surface area contributed by atoms with Gasteiger partial charge < -0.3 is 18.4 Å². The smallest absolute Gasteiger partial charge is 0.399 e. The van der Waals surface area contributed by atoms with Crippen LogP contribution >= 0.6 is 0 Å². The summed E-state index contributed by atoms with van der Waals surface area (Å²) in [6.45, 7) is 8.42. The number of nitrogens with zero attached hydrogens (tertiary/aromatic N) is 2. The first kappa shape index (κ1) is 28.2. The normalized spacial score (nSPS) is 15.8. The van der Waals surface area contributed by atoms with Gasteiger partial charge in [-0.1, -0.05) is 78.9 Å². The lowest BCUT2D eigenvalue weighted by Crippen LogP contribution is -2.41. The summed E-state index contributed by atoms with van der Waals surface area (Å²) < 4.78 is 17.7. The number of fused-ring (bicyclic) bond motifs is 6. The minimum atomic E-state index is -0.424. The van der Waals surface area contributed by atoms with Crippen molar-refractivity contribution in [3.63, 3.8) is 0 Å². The summed E-state index contributed by atoms with van der Waals surface area (Å²) in [4.78, 5) is 0. The zero-order chi connectivity index (χ0) is 31.9. The van der Waals surface area contributed by atoms with Crippen molar-refractivity contribution in [3.8, 4) is 22.5 Å². The molecule has 0 amide bonds. The lowest BCUT2D eigenvalue weighted by molar-refractivity contribution is 0.00578. The fraction of sp³-hybridized carbons (Fsp3) is 0.143. The third-order valence-electron chi connectivity index (χ3n) is 10.3. The zero-order valence-corrected chi connectivity index (χ0v) is 27.1. The number of rotatable bonds is 4. The van der Waals surface area contributed by atoms with Gasteiger partial charge in [0.15, 0.2) is 0 Å². The van der Waals surface area contributed by atoms with E-state index in [1.165, 1.54) is 54.9 Å². The molecular formula is C42H35BN2O2. The first-order valence-electron chi connectivity index (χ1n) is 16.4. The second-order valence-electron chi connectivity index (χ2n) is 13.7. The van der Waals surface area contributed by atoms with Crippen LogP contribution in [0.5, 0.6) is 0 Å². The summed E-state index contributed by atoms with van der Waals surface area (Å²) in [7, 11) is -0.424. The van der Waals surface area contributed by atoms with Crippen molar-refractivity contribution in [1.29, 1.82) is 0 Å². The summed E-state index contributed by atoms with van der Waals surface area (Å²) in [5, 5.41) is 4.88. The highest BCUT2D eigenvalue weighted by molar-refractivity contribution is 6.62. The fourth-order valence-electron chi connectivity index (χ4n) is 7.21. The van der Waals surface area contributed by atoms with E-state index in [1.54, 1.807) is 0 Å². The van der Waals surface area contributed by atoms with Gasteiger partial charge in [-0.15, -0.1) is 0 Å². The predicted octanol–water partition coefficient (Wildman–Crippen LogP) is 9.85. The Balaban J connectivity index is 1.24. The molecule has 1 fully saturated rings. The minimum absolute atomic E-state index is 0.403. The highest BCUT2D eigenvalue weighted by Crippen LogP contribution is 2.40. The molecule has 0 atom stereocenters. The fourth-order valence-corrected chi connectivity index (χ4v) is 7.21. The lowest BCUT2D eigenvalue weighted by atomic mass is 9.78. The van der Waals surface area contributed by atoms with E-state index in [4.69, 9.17) is 9.31 Å². The van der Waals surface area contributed by atoms with Gasteiger partial charge in [0.25, 0.3) is 0 Å². The molecule has 1 saturated heterocycles. The van der Waals surface area contributed by atoms with Crippen LogP contribution in [0.1, 0.15) is 27.7 Å². The van der Waals surface area contributed by atoms with E-state index in [2.05, 4.69) is 176 Å². The van der Waals surface area contributed by atoms with Gasteiger partial charge in [0.1, 0.15) is 0 Å². The van der Waals surface area contributed by atoms with Crippen molar-refractivity contribution in [2.45, 2.75) is 38.9 Å². The average Bonchev–Trinajstić information content (AvgIpc) is 3.68. The van der Waals surface area contributed by atoms with Crippen LogP contribution in [0.4, 0.5) is 0 Å². The third-order valence-corrected chi connectivity index (χ3v) is 10.3. The van der Waals surface area contributed by atoms with Crippen LogP contribution in [0.3, 0.4) is 0 Å². The molecular weight excluding hydrogens is 575 g/mol. The van der Waals surface area contributed by atoms with Crippen LogP contribution in [0.15, 0.2) is 140 Å². The number of para-hydroxylation sites is 3. The van der Waals surface area contributed by atoms with Crippen molar-refractivity contribution in [2.75, 3.05) is 0 Å². The molecule has 6 aromatic carbocycles. The van der Waals surface area contributed by atoms with Crippen LogP contribution in [-0.4, -0.2) is 27.5 Å². The van der Waals surface area contributed by atoms with E-state index in [9.17, 15) is 0 Å². The van der Waals surface area contributed by atoms with Crippen LogP contribution in [0.2, 0.25) is 0 Å². The van der Waals surface area contributed by atoms with E-state index in [-0.39, 0.29) is 0 Å². The average molecular weight is 611 g/mol. The Morgan fingerprint density at radius 2 is 0.851 bits per heavy atom. The Hall–Kier alpha value is -5.10. The van der Waals surface area contributed by atoms with E-state index in [0.717, 1.165) is 16.7 Å². The van der Waals surface area contributed by atoms with Crippen molar-refractivity contribution in [3.05, 3.63) is 140 Å². The highest BCUT2D eigenvalue weighted by Gasteiger charge is 2.51. The topological polar surface area (TPSA) is 28.3 Å². The van der Waals surface area contributed by atoms with Gasteiger partial charge in [0.05, 0.1) is 33.3 Å². The van der Waals surface area contributed by atoms with Gasteiger partial charge in [-0.3, -0.25) is 0 Å². The van der Waals surface area contributed by atoms with E-state index < -0.39 is 18.3 Å². The van der Waals surface area contributed by atoms with E-state index in [1.807, 2.05) is 0 Å². The molecule has 0 bridgehead atoms. The molecule has 9 rings (SSSR count). The monoisotopic (exact) mass is 610 g/mol. The minimum Gasteiger partial charge on any atom is -0.399 e. The van der Waals surface area contributed by atoms with Gasteiger partial charge in [-0.25, -0.2) is 0 Å². The number of benzene rings is 6. The van der Waals surface area contributed by atoms with Gasteiger partial charge in [0, 0.05) is 32.9 Å². The Labute approximate surface area is 274 Å². The molecule has 8 aromatic rings. The SMILES string of the molecule is CC1(C)OB(c2ccc3c(c2)c2cc(-c4ccc5c(c4)c4ccccc4n5-c4ccccc4)ccc2n3-c2ccccc2)OC1(C)C. The summed E-state index contributed by atoms with van der Waals surface area (Å²) in [6, 6.07) is 50.3. The van der Waals surface area contributed by atoms with E-state index >= 15 is 0 Å². The molecule has 2 aromatic heterocycles. The predicted molar refractivity (Wildman–Crippen MR) is 196 cm³/mol. The van der Waals surface area contributed by atoms with Gasteiger partial charge in [-0.05, 0) is 105 Å². The highest BCUT2D eigenvalue weighted by atomic mass is 16.7. The molecule has 1 aliphatic heterocycles. The Morgan fingerprint density at radius 3 is 1.40 bits per heavy atom. The Kier molecular flexibility index (Phi) is 6.11. The largest absolute Gasteiger partial charge is 0.494 e. The van der Waals surface area contributed by atoms with Crippen molar-refractivity contribution in [1.82, 2.24) is 9.13 Å². The molecule has 47 heavy (non-hydrogen) atoms. The van der Waals surface area contributed by atoms with Crippen LogP contribution in [0, 0.1) is 0 Å². The third kappa shape index (κ3) is 4.31.